The van der Waals surface area contributed by atoms with Crippen LogP contribution < -0.4 is 0 Å². The summed E-state index contributed by atoms with van der Waals surface area (Å²) in [6.07, 6.45) is 3.19. The number of hydrogen-bond acceptors (Lipinski definition) is 1. The highest BCUT2D eigenvalue weighted by Crippen LogP contribution is 2.70. The highest BCUT2D eigenvalue weighted by molar-refractivity contribution is 5.11. The van der Waals surface area contributed by atoms with Crippen molar-refractivity contribution in [1.82, 2.24) is 0 Å². The lowest BCUT2D eigenvalue weighted by atomic mass is 10.3. The van der Waals surface area contributed by atoms with Gasteiger partial charge in [0.05, 0.1) is 2.74 Å². The molecule has 1 nitrogen and oxygen atoms in total. The lowest BCUT2D eigenvalue weighted by Crippen LogP contribution is -1.85. The molecule has 1 N–H and O–H groups in total. The van der Waals surface area contributed by atoms with Gasteiger partial charge >= 0.3 is 0 Å². The van der Waals surface area contributed by atoms with Crippen molar-refractivity contribution in [3.8, 4) is 0 Å². The molecule has 0 aromatic rings. The quantitative estimate of drug-likeness (QED) is 0.516. The zero-order valence-electron chi connectivity index (χ0n) is 6.15. The minimum absolute atomic E-state index is 0.0370. The summed E-state index contributed by atoms with van der Waals surface area (Å²) in [6, 6.07) is 0. The highest BCUT2D eigenvalue weighted by Gasteiger charge is 2.61. The molecule has 0 bridgehead atoms. The van der Waals surface area contributed by atoms with Crippen molar-refractivity contribution in [1.29, 1.82) is 0 Å². The van der Waals surface area contributed by atoms with Gasteiger partial charge in [-0.25, -0.2) is 0 Å². The Morgan fingerprint density at radius 1 is 1.86 bits per heavy atom. The summed E-state index contributed by atoms with van der Waals surface area (Å²) in [5, 5.41) is 8.87. The first-order valence-electron chi connectivity index (χ1n) is 3.77. The smallest absolute Gasteiger partial charge is 0.0567 e. The van der Waals surface area contributed by atoms with Gasteiger partial charge in [0.1, 0.15) is 0 Å². The van der Waals surface area contributed by atoms with Gasteiger partial charge in [-0.2, -0.15) is 0 Å². The molecule has 0 aromatic heterocycles. The number of aliphatic hydroxyl groups is 1. The second-order valence-corrected chi connectivity index (χ2v) is 2.75. The van der Waals surface area contributed by atoms with Gasteiger partial charge in [0.2, 0.25) is 0 Å². The number of hydrogen-bond donors (Lipinski definition) is 1. The zero-order valence-corrected chi connectivity index (χ0v) is 4.15. The van der Waals surface area contributed by atoms with Crippen LogP contribution in [0.2, 0.25) is 0 Å². The van der Waals surface area contributed by atoms with E-state index in [1.807, 2.05) is 0 Å². The van der Waals surface area contributed by atoms with E-state index in [2.05, 4.69) is 0 Å². The summed E-state index contributed by atoms with van der Waals surface area (Å²) in [7, 11) is 0. The molecular formula is C6H10O. The minimum Gasteiger partial charge on any atom is -0.396 e. The van der Waals surface area contributed by atoms with E-state index in [-0.39, 0.29) is 11.3 Å². The van der Waals surface area contributed by atoms with Crippen molar-refractivity contribution >= 4 is 0 Å². The standard InChI is InChI=1S/C6H10O/c7-4-5-3-6(5)1-2-6/h5,7H,1-4H2/i4D2. The van der Waals surface area contributed by atoms with Crippen molar-refractivity contribution in [3.05, 3.63) is 0 Å². The van der Waals surface area contributed by atoms with Gasteiger partial charge < -0.3 is 5.11 Å². The van der Waals surface area contributed by atoms with Gasteiger partial charge in [0.25, 0.3) is 0 Å². The van der Waals surface area contributed by atoms with Crippen LogP contribution in [0.1, 0.15) is 22.0 Å². The van der Waals surface area contributed by atoms with Gasteiger partial charge in [0.15, 0.2) is 0 Å². The fourth-order valence-corrected chi connectivity index (χ4v) is 1.24. The number of rotatable bonds is 1. The van der Waals surface area contributed by atoms with E-state index < -0.39 is 6.56 Å². The fraction of sp³-hybridized carbons (Fsp3) is 1.00. The maximum Gasteiger partial charge on any atom is 0.0567 e. The van der Waals surface area contributed by atoms with Crippen molar-refractivity contribution in [2.75, 3.05) is 6.56 Å². The van der Waals surface area contributed by atoms with Gasteiger partial charge in [-0.05, 0) is 30.6 Å². The van der Waals surface area contributed by atoms with E-state index >= 15 is 0 Å². The molecule has 2 aliphatic rings. The van der Waals surface area contributed by atoms with E-state index in [9.17, 15) is 0 Å². The Morgan fingerprint density at radius 2 is 2.57 bits per heavy atom. The Kier molecular flexibility index (Phi) is 0.311. The van der Waals surface area contributed by atoms with E-state index in [0.717, 1.165) is 19.3 Å². The van der Waals surface area contributed by atoms with E-state index in [0.29, 0.717) is 0 Å². The Morgan fingerprint density at radius 3 is 2.71 bits per heavy atom. The van der Waals surface area contributed by atoms with Crippen LogP contribution in [0, 0.1) is 11.3 Å². The lowest BCUT2D eigenvalue weighted by Gasteiger charge is -1.81. The second kappa shape index (κ2) is 0.873. The summed E-state index contributed by atoms with van der Waals surface area (Å²) in [4.78, 5) is 0. The molecule has 40 valence electrons. The Hall–Kier alpha value is -0.0400. The van der Waals surface area contributed by atoms with Gasteiger partial charge in [-0.1, -0.05) is 0 Å². The predicted octanol–water partition coefficient (Wildman–Crippen LogP) is 0.779. The third-order valence-corrected chi connectivity index (χ3v) is 2.24. The third kappa shape index (κ3) is 0.367. The maximum atomic E-state index is 8.87. The zero-order chi connectivity index (χ0) is 6.70. The van der Waals surface area contributed by atoms with Gasteiger partial charge in [-0.3, -0.25) is 0 Å². The van der Waals surface area contributed by atoms with Crippen LogP contribution in [0.15, 0.2) is 0 Å². The van der Waals surface area contributed by atoms with Crippen LogP contribution in [0.3, 0.4) is 0 Å². The van der Waals surface area contributed by atoms with E-state index in [1.165, 1.54) is 0 Å². The predicted molar refractivity (Wildman–Crippen MR) is 26.9 cm³/mol. The first-order valence-corrected chi connectivity index (χ1v) is 2.77. The highest BCUT2D eigenvalue weighted by atomic mass is 16.3. The molecule has 7 heavy (non-hydrogen) atoms. The molecule has 2 aliphatic carbocycles. The molecule has 0 amide bonds. The lowest BCUT2D eigenvalue weighted by molar-refractivity contribution is 0.267. The van der Waals surface area contributed by atoms with Gasteiger partial charge in [0, 0.05) is 6.56 Å². The van der Waals surface area contributed by atoms with Gasteiger partial charge in [-0.15, -0.1) is 0 Å². The molecule has 0 saturated heterocycles. The van der Waals surface area contributed by atoms with Crippen LogP contribution >= 0.6 is 0 Å². The molecule has 1 atom stereocenters. The van der Waals surface area contributed by atoms with Crippen LogP contribution in [0.25, 0.3) is 0 Å². The van der Waals surface area contributed by atoms with Crippen molar-refractivity contribution in [2.45, 2.75) is 19.3 Å². The fourth-order valence-electron chi connectivity index (χ4n) is 1.24. The molecule has 1 spiro atoms. The summed E-state index contributed by atoms with van der Waals surface area (Å²) >= 11 is 0. The topological polar surface area (TPSA) is 20.2 Å². The Bertz CT molecular complexity index is 146. The third-order valence-electron chi connectivity index (χ3n) is 2.24. The molecule has 0 aromatic carbocycles. The summed E-state index contributed by atoms with van der Waals surface area (Å²) in [5.74, 6) is -0.0370. The molecule has 1 heteroatoms. The summed E-state index contributed by atoms with van der Waals surface area (Å²) < 4.78 is 13.9. The van der Waals surface area contributed by atoms with E-state index in [4.69, 9.17) is 7.85 Å². The SMILES string of the molecule is [2H]C([2H])(O)C1CC12CC2. The van der Waals surface area contributed by atoms with Crippen molar-refractivity contribution < 1.29 is 7.85 Å². The maximum absolute atomic E-state index is 8.87. The summed E-state index contributed by atoms with van der Waals surface area (Å²) in [5.41, 5.74) is 0.276. The van der Waals surface area contributed by atoms with Crippen LogP contribution in [0.4, 0.5) is 0 Å². The summed E-state index contributed by atoms with van der Waals surface area (Å²) in [6.45, 7) is -1.89. The van der Waals surface area contributed by atoms with Crippen molar-refractivity contribution in [3.63, 3.8) is 0 Å². The molecule has 0 heterocycles. The minimum atomic E-state index is -1.89. The average Bonchev–Trinajstić information content (AvgIpc) is 2.46. The first-order chi connectivity index (χ1) is 4.05. The molecular weight excluding hydrogens is 88.1 g/mol. The Balaban J connectivity index is 2.04. The van der Waals surface area contributed by atoms with Crippen LogP contribution in [0.5, 0.6) is 0 Å². The molecule has 2 rings (SSSR count). The first kappa shape index (κ1) is 2.49. The normalized spacial score (nSPS) is 47.9. The van der Waals surface area contributed by atoms with Crippen molar-refractivity contribution in [2.24, 2.45) is 11.3 Å². The molecule has 0 radical (unpaired) electrons. The Labute approximate surface area is 46.2 Å². The second-order valence-electron chi connectivity index (χ2n) is 2.75. The monoisotopic (exact) mass is 100 g/mol. The van der Waals surface area contributed by atoms with E-state index in [1.54, 1.807) is 0 Å². The molecule has 0 aliphatic heterocycles. The van der Waals surface area contributed by atoms with Crippen LogP contribution in [-0.2, 0) is 0 Å². The molecule has 1 unspecified atom stereocenters. The average molecular weight is 100 g/mol. The molecule has 2 saturated carbocycles. The molecule has 2 fully saturated rings. The van der Waals surface area contributed by atoms with Crippen LogP contribution in [-0.4, -0.2) is 11.7 Å². The largest absolute Gasteiger partial charge is 0.396 e.